The van der Waals surface area contributed by atoms with E-state index in [2.05, 4.69) is 31.8 Å². The molecule has 0 spiro atoms. The van der Waals surface area contributed by atoms with Crippen molar-refractivity contribution in [1.82, 2.24) is 0 Å². The lowest BCUT2D eigenvalue weighted by Crippen LogP contribution is -2.26. The Labute approximate surface area is 161 Å². The Hall–Kier alpha value is -2.73. The summed E-state index contributed by atoms with van der Waals surface area (Å²) in [6.07, 6.45) is 2.01. The fourth-order valence-corrected chi connectivity index (χ4v) is 3.28. The third-order valence-electron chi connectivity index (χ3n) is 4.96. The number of carbonyl (C=O) groups is 1. The highest BCUT2D eigenvalue weighted by Crippen LogP contribution is 2.38. The van der Waals surface area contributed by atoms with E-state index in [-0.39, 0.29) is 11.4 Å². The van der Waals surface area contributed by atoms with Crippen molar-refractivity contribution in [2.24, 2.45) is 0 Å². The number of ether oxygens (including phenoxy) is 2. The molecule has 3 nitrogen and oxygen atoms in total. The number of hydrogen-bond acceptors (Lipinski definition) is 3. The van der Waals surface area contributed by atoms with Crippen molar-refractivity contribution >= 4 is 5.97 Å². The van der Waals surface area contributed by atoms with Crippen LogP contribution in [0.2, 0.25) is 0 Å². The Bertz CT molecular complexity index is 884. The average molecular weight is 362 g/mol. The molecule has 1 aliphatic rings. The molecule has 3 heteroatoms. The van der Waals surface area contributed by atoms with Crippen molar-refractivity contribution in [3.63, 3.8) is 0 Å². The van der Waals surface area contributed by atoms with Gasteiger partial charge < -0.3 is 9.47 Å². The minimum absolute atomic E-state index is 0.100. The Kier molecular flexibility index (Phi) is 5.86. The number of fused-ring (bicyclic) bond motifs is 1. The highest BCUT2D eigenvalue weighted by molar-refractivity contribution is 5.69. The van der Waals surface area contributed by atoms with Crippen LogP contribution in [0.5, 0.6) is 5.75 Å². The van der Waals surface area contributed by atoms with Gasteiger partial charge in [0.2, 0.25) is 0 Å². The lowest BCUT2D eigenvalue weighted by atomic mass is 9.79. The van der Waals surface area contributed by atoms with Crippen molar-refractivity contribution in [2.45, 2.75) is 45.4 Å². The summed E-state index contributed by atoms with van der Waals surface area (Å²) in [6.45, 7) is 7.49. The highest BCUT2D eigenvalue weighted by atomic mass is 16.5. The first-order valence-corrected chi connectivity index (χ1v) is 9.52. The number of carbonyl (C=O) groups excluding carboxylic acids is 1. The molecule has 1 heterocycles. The zero-order chi connectivity index (χ0) is 19.3. The van der Waals surface area contributed by atoms with E-state index in [4.69, 9.17) is 9.47 Å². The molecule has 27 heavy (non-hydrogen) atoms. The van der Waals surface area contributed by atoms with E-state index < -0.39 is 0 Å². The third kappa shape index (κ3) is 4.71. The van der Waals surface area contributed by atoms with E-state index in [0.29, 0.717) is 19.4 Å². The summed E-state index contributed by atoms with van der Waals surface area (Å²) in [5.41, 5.74) is 4.32. The topological polar surface area (TPSA) is 35.5 Å². The smallest absolute Gasteiger partial charge is 0.306 e. The molecule has 2 aromatic rings. The zero-order valence-electron chi connectivity index (χ0n) is 16.3. The van der Waals surface area contributed by atoms with Crippen LogP contribution >= 0.6 is 0 Å². The van der Waals surface area contributed by atoms with Gasteiger partial charge in [-0.25, -0.2) is 0 Å². The van der Waals surface area contributed by atoms with Gasteiger partial charge >= 0.3 is 5.97 Å². The summed E-state index contributed by atoms with van der Waals surface area (Å²) in [5.74, 6) is 7.35. The molecule has 0 amide bonds. The monoisotopic (exact) mass is 362 g/mol. The lowest BCUT2D eigenvalue weighted by molar-refractivity contribution is -0.143. The predicted molar refractivity (Wildman–Crippen MR) is 107 cm³/mol. The number of benzene rings is 2. The Morgan fingerprint density at radius 1 is 1.19 bits per heavy atom. The molecule has 1 aliphatic heterocycles. The summed E-state index contributed by atoms with van der Waals surface area (Å²) in [7, 11) is 0. The SMILES string of the molecule is CCOC(=O)CCc1ccccc1C#Cc1ccc2c(c1)C(C)(C)CCO2. The summed E-state index contributed by atoms with van der Waals surface area (Å²) in [4.78, 5) is 11.6. The first kappa shape index (κ1) is 19.0. The zero-order valence-corrected chi connectivity index (χ0v) is 16.3. The van der Waals surface area contributed by atoms with Crippen LogP contribution in [0.4, 0.5) is 0 Å². The van der Waals surface area contributed by atoms with Gasteiger partial charge in [0, 0.05) is 23.1 Å². The minimum Gasteiger partial charge on any atom is -0.493 e. The molecule has 0 fully saturated rings. The van der Waals surface area contributed by atoms with E-state index in [0.717, 1.165) is 35.5 Å². The quantitative estimate of drug-likeness (QED) is 0.587. The summed E-state index contributed by atoms with van der Waals surface area (Å²) < 4.78 is 10.8. The third-order valence-corrected chi connectivity index (χ3v) is 4.96. The van der Waals surface area contributed by atoms with Gasteiger partial charge in [-0.2, -0.15) is 0 Å². The van der Waals surface area contributed by atoms with Crippen LogP contribution < -0.4 is 4.74 Å². The van der Waals surface area contributed by atoms with Crippen molar-refractivity contribution in [3.8, 4) is 17.6 Å². The molecule has 2 aromatic carbocycles. The van der Waals surface area contributed by atoms with Gasteiger partial charge in [0.15, 0.2) is 0 Å². The van der Waals surface area contributed by atoms with Crippen molar-refractivity contribution in [1.29, 1.82) is 0 Å². The second-order valence-electron chi connectivity index (χ2n) is 7.41. The molecular formula is C24H26O3. The Morgan fingerprint density at radius 2 is 2.00 bits per heavy atom. The normalized spacial score (nSPS) is 14.3. The van der Waals surface area contributed by atoms with Gasteiger partial charge in [-0.3, -0.25) is 4.79 Å². The molecule has 0 unspecified atom stereocenters. The highest BCUT2D eigenvalue weighted by Gasteiger charge is 2.28. The lowest BCUT2D eigenvalue weighted by Gasteiger charge is -2.32. The summed E-state index contributed by atoms with van der Waals surface area (Å²) in [6, 6.07) is 14.1. The van der Waals surface area contributed by atoms with Crippen LogP contribution in [0.1, 0.15) is 55.9 Å². The van der Waals surface area contributed by atoms with Gasteiger partial charge in [0.25, 0.3) is 0 Å². The first-order valence-electron chi connectivity index (χ1n) is 9.52. The fraction of sp³-hybridized carbons (Fsp3) is 0.375. The maximum Gasteiger partial charge on any atom is 0.306 e. The molecule has 0 N–H and O–H groups in total. The van der Waals surface area contributed by atoms with Crippen LogP contribution in [0.25, 0.3) is 0 Å². The molecule has 3 rings (SSSR count). The number of esters is 1. The van der Waals surface area contributed by atoms with Crippen LogP contribution in [0.3, 0.4) is 0 Å². The number of aryl methyl sites for hydroxylation is 1. The second kappa shape index (κ2) is 8.31. The molecule has 0 bridgehead atoms. The molecule has 140 valence electrons. The predicted octanol–water partition coefficient (Wildman–Crippen LogP) is 4.64. The Balaban J connectivity index is 1.81. The van der Waals surface area contributed by atoms with Crippen LogP contribution in [-0.4, -0.2) is 19.2 Å². The van der Waals surface area contributed by atoms with Gasteiger partial charge in [-0.15, -0.1) is 0 Å². The van der Waals surface area contributed by atoms with Crippen LogP contribution in [0, 0.1) is 11.8 Å². The van der Waals surface area contributed by atoms with Gasteiger partial charge in [0.1, 0.15) is 5.75 Å². The first-order chi connectivity index (χ1) is 13.0. The van der Waals surface area contributed by atoms with Crippen molar-refractivity contribution < 1.29 is 14.3 Å². The molecule has 0 saturated heterocycles. The number of hydrogen-bond donors (Lipinski definition) is 0. The molecule has 0 saturated carbocycles. The van der Waals surface area contributed by atoms with E-state index in [1.807, 2.05) is 43.3 Å². The molecule has 0 radical (unpaired) electrons. The van der Waals surface area contributed by atoms with Crippen molar-refractivity contribution in [2.75, 3.05) is 13.2 Å². The van der Waals surface area contributed by atoms with E-state index in [9.17, 15) is 4.79 Å². The van der Waals surface area contributed by atoms with E-state index in [1.54, 1.807) is 0 Å². The maximum atomic E-state index is 11.6. The van der Waals surface area contributed by atoms with Gasteiger partial charge in [0.05, 0.1) is 13.2 Å². The van der Waals surface area contributed by atoms with Crippen LogP contribution in [0.15, 0.2) is 42.5 Å². The van der Waals surface area contributed by atoms with E-state index in [1.165, 1.54) is 5.56 Å². The van der Waals surface area contributed by atoms with Gasteiger partial charge in [-0.05, 0) is 55.0 Å². The molecular weight excluding hydrogens is 336 g/mol. The molecule has 0 atom stereocenters. The average Bonchev–Trinajstić information content (AvgIpc) is 2.65. The molecule has 0 aromatic heterocycles. The van der Waals surface area contributed by atoms with E-state index >= 15 is 0 Å². The summed E-state index contributed by atoms with van der Waals surface area (Å²) >= 11 is 0. The van der Waals surface area contributed by atoms with Gasteiger partial charge in [-0.1, -0.05) is 43.9 Å². The largest absolute Gasteiger partial charge is 0.493 e. The maximum absolute atomic E-state index is 11.6. The molecule has 0 aliphatic carbocycles. The minimum atomic E-state index is -0.169. The van der Waals surface area contributed by atoms with Crippen LogP contribution in [-0.2, 0) is 21.4 Å². The fourth-order valence-electron chi connectivity index (χ4n) is 3.28. The number of rotatable bonds is 4. The second-order valence-corrected chi connectivity index (χ2v) is 7.41. The Morgan fingerprint density at radius 3 is 2.81 bits per heavy atom. The van der Waals surface area contributed by atoms with Crippen molar-refractivity contribution in [3.05, 3.63) is 64.7 Å². The standard InChI is InChI=1S/C24H26O3/c1-4-26-23(25)14-12-20-8-6-5-7-19(20)11-9-18-10-13-22-21(17-18)24(2,3)15-16-27-22/h5-8,10,13,17H,4,12,14-16H2,1-3H3. The summed E-state index contributed by atoms with van der Waals surface area (Å²) in [5, 5.41) is 0.